The summed E-state index contributed by atoms with van der Waals surface area (Å²) >= 11 is 0. The molecule has 0 aromatic heterocycles. The Hall–Kier alpha value is -3.60. The number of benzene rings is 3. The van der Waals surface area contributed by atoms with Gasteiger partial charge in [-0.2, -0.15) is 0 Å². The summed E-state index contributed by atoms with van der Waals surface area (Å²) in [5.74, 6) is 0.349. The Balaban J connectivity index is 1.65. The monoisotopic (exact) mass is 388 g/mol. The zero-order valence-electron chi connectivity index (χ0n) is 16.7. The number of hydrogen-bond donors (Lipinski definition) is 2. The molecule has 0 fully saturated rings. The minimum Gasteiger partial charge on any atom is -0.491 e. The topological polar surface area (TPSA) is 67.4 Å². The third kappa shape index (κ3) is 5.45. The van der Waals surface area contributed by atoms with Gasteiger partial charge in [0.15, 0.2) is 0 Å². The Labute approximate surface area is 170 Å². The van der Waals surface area contributed by atoms with Gasteiger partial charge in [0, 0.05) is 22.5 Å². The smallest absolute Gasteiger partial charge is 0.255 e. The van der Waals surface area contributed by atoms with Gasteiger partial charge in [0.05, 0.1) is 6.10 Å². The van der Waals surface area contributed by atoms with Crippen LogP contribution in [0.5, 0.6) is 5.75 Å². The minimum absolute atomic E-state index is 0.0820. The first-order chi connectivity index (χ1) is 13.9. The van der Waals surface area contributed by atoms with Crippen molar-refractivity contribution >= 4 is 23.2 Å². The van der Waals surface area contributed by atoms with E-state index in [1.807, 2.05) is 45.0 Å². The minimum atomic E-state index is -0.207. The van der Waals surface area contributed by atoms with Gasteiger partial charge >= 0.3 is 0 Å². The zero-order valence-corrected chi connectivity index (χ0v) is 16.7. The average molecular weight is 388 g/mol. The van der Waals surface area contributed by atoms with Gasteiger partial charge in [0.1, 0.15) is 5.75 Å². The Morgan fingerprint density at radius 2 is 1.41 bits per heavy atom. The van der Waals surface area contributed by atoms with E-state index < -0.39 is 0 Å². The lowest BCUT2D eigenvalue weighted by Gasteiger charge is -2.12. The molecule has 2 amide bonds. The number of hydrogen-bond acceptors (Lipinski definition) is 3. The fraction of sp³-hybridized carbons (Fsp3) is 0.167. The summed E-state index contributed by atoms with van der Waals surface area (Å²) in [6, 6.07) is 21.4. The second kappa shape index (κ2) is 9.06. The van der Waals surface area contributed by atoms with E-state index in [0.717, 1.165) is 11.3 Å². The summed E-state index contributed by atoms with van der Waals surface area (Å²) in [6.45, 7) is 5.79. The van der Waals surface area contributed by atoms with Crippen LogP contribution in [-0.2, 0) is 0 Å². The summed E-state index contributed by atoms with van der Waals surface area (Å²) in [4.78, 5) is 24.8. The molecule has 0 aliphatic heterocycles. The van der Waals surface area contributed by atoms with E-state index in [1.54, 1.807) is 48.5 Å². The Morgan fingerprint density at radius 1 is 0.793 bits per heavy atom. The van der Waals surface area contributed by atoms with Gasteiger partial charge in [-0.05, 0) is 80.9 Å². The summed E-state index contributed by atoms with van der Waals surface area (Å²) in [7, 11) is 0. The van der Waals surface area contributed by atoms with Crippen LogP contribution < -0.4 is 15.4 Å². The molecule has 0 radical (unpaired) electrons. The molecule has 0 aliphatic rings. The molecule has 3 rings (SSSR count). The van der Waals surface area contributed by atoms with E-state index in [2.05, 4.69) is 10.6 Å². The van der Waals surface area contributed by atoms with Crippen molar-refractivity contribution < 1.29 is 14.3 Å². The van der Waals surface area contributed by atoms with E-state index >= 15 is 0 Å². The number of carbonyl (C=O) groups excluding carboxylic acids is 2. The van der Waals surface area contributed by atoms with E-state index in [0.29, 0.717) is 22.5 Å². The van der Waals surface area contributed by atoms with Crippen molar-refractivity contribution in [1.82, 2.24) is 0 Å². The van der Waals surface area contributed by atoms with Gasteiger partial charge in [-0.3, -0.25) is 9.59 Å². The van der Waals surface area contributed by atoms with E-state index in [-0.39, 0.29) is 17.9 Å². The number of nitrogens with one attached hydrogen (secondary N) is 2. The molecule has 0 bridgehead atoms. The molecule has 0 saturated carbocycles. The normalized spacial score (nSPS) is 10.5. The van der Waals surface area contributed by atoms with Crippen molar-refractivity contribution in [1.29, 1.82) is 0 Å². The molecule has 0 heterocycles. The van der Waals surface area contributed by atoms with Gasteiger partial charge in [0.2, 0.25) is 0 Å². The summed E-state index contributed by atoms with van der Waals surface area (Å²) < 4.78 is 5.59. The predicted octanol–water partition coefficient (Wildman–Crippen LogP) is 5.29. The molecule has 0 spiro atoms. The van der Waals surface area contributed by atoms with Crippen molar-refractivity contribution in [2.75, 3.05) is 10.6 Å². The average Bonchev–Trinajstić information content (AvgIpc) is 2.70. The highest BCUT2D eigenvalue weighted by molar-refractivity contribution is 6.06. The fourth-order valence-electron chi connectivity index (χ4n) is 2.83. The SMILES string of the molecule is Cc1cc(NC(=O)c2ccc(OC(C)C)cc2)ccc1NC(=O)c1ccccc1. The van der Waals surface area contributed by atoms with Crippen LogP contribution in [0.4, 0.5) is 11.4 Å². The fourth-order valence-corrected chi connectivity index (χ4v) is 2.83. The molecule has 148 valence electrons. The molecule has 0 atom stereocenters. The molecule has 3 aromatic rings. The molecular formula is C24H24N2O3. The molecule has 0 aliphatic carbocycles. The lowest BCUT2D eigenvalue weighted by atomic mass is 10.1. The van der Waals surface area contributed by atoms with Gasteiger partial charge < -0.3 is 15.4 Å². The first kappa shape index (κ1) is 20.1. The van der Waals surface area contributed by atoms with Crippen LogP contribution in [0.2, 0.25) is 0 Å². The van der Waals surface area contributed by atoms with Crippen molar-refractivity contribution in [3.63, 3.8) is 0 Å². The van der Waals surface area contributed by atoms with Crippen molar-refractivity contribution in [2.24, 2.45) is 0 Å². The van der Waals surface area contributed by atoms with Crippen molar-refractivity contribution in [2.45, 2.75) is 26.9 Å². The third-order valence-corrected chi connectivity index (χ3v) is 4.26. The highest BCUT2D eigenvalue weighted by atomic mass is 16.5. The van der Waals surface area contributed by atoms with Crippen LogP contribution >= 0.6 is 0 Å². The van der Waals surface area contributed by atoms with E-state index in [9.17, 15) is 9.59 Å². The van der Waals surface area contributed by atoms with Crippen LogP contribution in [0.15, 0.2) is 72.8 Å². The second-order valence-electron chi connectivity index (χ2n) is 6.99. The molecule has 5 nitrogen and oxygen atoms in total. The number of amides is 2. The van der Waals surface area contributed by atoms with E-state index in [1.165, 1.54) is 0 Å². The first-order valence-corrected chi connectivity index (χ1v) is 9.47. The van der Waals surface area contributed by atoms with Crippen molar-refractivity contribution in [3.05, 3.63) is 89.5 Å². The Bertz CT molecular complexity index is 996. The summed E-state index contributed by atoms with van der Waals surface area (Å²) in [6.07, 6.45) is 0.0820. The lowest BCUT2D eigenvalue weighted by Crippen LogP contribution is -2.14. The van der Waals surface area contributed by atoms with Crippen LogP contribution in [0.25, 0.3) is 0 Å². The van der Waals surface area contributed by atoms with Gasteiger partial charge in [-0.15, -0.1) is 0 Å². The van der Waals surface area contributed by atoms with Gasteiger partial charge in [0.25, 0.3) is 11.8 Å². The quantitative estimate of drug-likeness (QED) is 0.603. The number of aryl methyl sites for hydroxylation is 1. The summed E-state index contributed by atoms with van der Waals surface area (Å²) in [5, 5.41) is 5.77. The molecule has 5 heteroatoms. The molecule has 2 N–H and O–H groups in total. The lowest BCUT2D eigenvalue weighted by molar-refractivity contribution is 0.101. The number of anilines is 2. The standard InChI is InChI=1S/C24H24N2O3/c1-16(2)29-21-12-9-19(10-13-21)23(27)25-20-11-14-22(17(3)15-20)26-24(28)18-7-5-4-6-8-18/h4-16H,1-3H3,(H,25,27)(H,26,28). The van der Waals surface area contributed by atoms with Gasteiger partial charge in [-0.25, -0.2) is 0 Å². The maximum absolute atomic E-state index is 12.5. The predicted molar refractivity (Wildman–Crippen MR) is 116 cm³/mol. The molecule has 29 heavy (non-hydrogen) atoms. The Kier molecular flexibility index (Phi) is 6.29. The highest BCUT2D eigenvalue weighted by Gasteiger charge is 2.10. The molecule has 3 aromatic carbocycles. The van der Waals surface area contributed by atoms with Gasteiger partial charge in [-0.1, -0.05) is 18.2 Å². The molecule has 0 unspecified atom stereocenters. The van der Waals surface area contributed by atoms with Crippen LogP contribution in [0, 0.1) is 6.92 Å². The maximum atomic E-state index is 12.5. The van der Waals surface area contributed by atoms with Crippen LogP contribution in [0.1, 0.15) is 40.1 Å². The third-order valence-electron chi connectivity index (χ3n) is 4.26. The Morgan fingerprint density at radius 3 is 2.03 bits per heavy atom. The number of carbonyl (C=O) groups is 2. The largest absolute Gasteiger partial charge is 0.491 e. The zero-order chi connectivity index (χ0) is 20.8. The second-order valence-corrected chi connectivity index (χ2v) is 6.99. The number of rotatable bonds is 6. The first-order valence-electron chi connectivity index (χ1n) is 9.47. The highest BCUT2D eigenvalue weighted by Crippen LogP contribution is 2.21. The summed E-state index contributed by atoms with van der Waals surface area (Å²) in [5.41, 5.74) is 3.35. The van der Waals surface area contributed by atoms with Crippen molar-refractivity contribution in [3.8, 4) is 5.75 Å². The number of ether oxygens (including phenoxy) is 1. The maximum Gasteiger partial charge on any atom is 0.255 e. The molecular weight excluding hydrogens is 364 g/mol. The van der Waals surface area contributed by atoms with Crippen LogP contribution in [0.3, 0.4) is 0 Å². The van der Waals surface area contributed by atoms with Crippen LogP contribution in [-0.4, -0.2) is 17.9 Å². The van der Waals surface area contributed by atoms with E-state index in [4.69, 9.17) is 4.74 Å². The molecule has 0 saturated heterocycles.